The van der Waals surface area contributed by atoms with Crippen LogP contribution in [0.5, 0.6) is 0 Å². The Hall–Kier alpha value is -1.90. The van der Waals surface area contributed by atoms with Gasteiger partial charge in [-0.25, -0.2) is 0 Å². The fourth-order valence-corrected chi connectivity index (χ4v) is 2.62. The second kappa shape index (κ2) is 5.00. The lowest BCUT2D eigenvalue weighted by molar-refractivity contribution is -0.151. The summed E-state index contributed by atoms with van der Waals surface area (Å²) in [4.78, 5) is 16.3. The van der Waals surface area contributed by atoms with Gasteiger partial charge >= 0.3 is 5.97 Å². The van der Waals surface area contributed by atoms with Crippen LogP contribution >= 0.6 is 0 Å². The molecule has 3 rings (SSSR count). The fraction of sp³-hybridized carbons (Fsp3) is 0.375. The van der Waals surface area contributed by atoms with Crippen LogP contribution in [0, 0.1) is 5.92 Å². The van der Waals surface area contributed by atoms with E-state index in [2.05, 4.69) is 23.2 Å². The molecule has 0 amide bonds. The Morgan fingerprint density at radius 3 is 2.84 bits per heavy atom. The molecule has 1 fully saturated rings. The van der Waals surface area contributed by atoms with Crippen molar-refractivity contribution in [1.29, 1.82) is 0 Å². The number of hydrogen-bond donors (Lipinski definition) is 0. The van der Waals surface area contributed by atoms with E-state index in [1.165, 1.54) is 0 Å². The maximum absolute atomic E-state index is 11.6. The third-order valence-corrected chi connectivity index (χ3v) is 3.80. The van der Waals surface area contributed by atoms with E-state index >= 15 is 0 Å². The molecule has 98 valence electrons. The van der Waals surface area contributed by atoms with E-state index in [9.17, 15) is 4.79 Å². The van der Waals surface area contributed by atoms with Crippen molar-refractivity contribution in [3.8, 4) is 0 Å². The van der Waals surface area contributed by atoms with Gasteiger partial charge in [0.1, 0.15) is 0 Å². The molecule has 0 N–H and O–H groups in total. The van der Waals surface area contributed by atoms with E-state index in [-0.39, 0.29) is 11.9 Å². The van der Waals surface area contributed by atoms with Gasteiger partial charge in [0, 0.05) is 17.0 Å². The molecule has 19 heavy (non-hydrogen) atoms. The highest BCUT2D eigenvalue weighted by molar-refractivity contribution is 5.78. The van der Waals surface area contributed by atoms with Crippen molar-refractivity contribution in [2.75, 3.05) is 6.61 Å². The Morgan fingerprint density at radius 2 is 2.05 bits per heavy atom. The van der Waals surface area contributed by atoms with E-state index in [1.54, 1.807) is 0 Å². The smallest absolute Gasteiger partial charge is 0.308 e. The van der Waals surface area contributed by atoms with Crippen LogP contribution in [0.1, 0.15) is 31.4 Å². The van der Waals surface area contributed by atoms with Gasteiger partial charge in [-0.2, -0.15) is 0 Å². The van der Waals surface area contributed by atoms with Crippen LogP contribution < -0.4 is 0 Å². The zero-order valence-corrected chi connectivity index (χ0v) is 11.0. The molecule has 1 saturated carbocycles. The average molecular weight is 255 g/mol. The molecular weight excluding hydrogens is 238 g/mol. The average Bonchev–Trinajstić information content (AvgIpc) is 2.37. The first kappa shape index (κ1) is 12.2. The lowest BCUT2D eigenvalue weighted by Gasteiger charge is -2.33. The first-order chi connectivity index (χ1) is 9.28. The SMILES string of the molecule is CCOC(=O)[C@H]1C[C@@H](c2ccc3ccccc3n2)C1. The highest BCUT2D eigenvalue weighted by Crippen LogP contribution is 2.41. The lowest BCUT2D eigenvalue weighted by atomic mass is 9.73. The summed E-state index contributed by atoms with van der Waals surface area (Å²) in [6.45, 7) is 2.31. The third-order valence-electron chi connectivity index (χ3n) is 3.80. The standard InChI is InChI=1S/C16H17NO2/c1-2-19-16(18)13-9-12(10-13)15-8-7-11-5-3-4-6-14(11)17-15/h3-8,12-13H,2,9-10H2,1H3/t12-,13+. The lowest BCUT2D eigenvalue weighted by Crippen LogP contribution is -2.31. The van der Waals surface area contributed by atoms with Gasteiger partial charge in [0.2, 0.25) is 0 Å². The van der Waals surface area contributed by atoms with E-state index in [0.717, 1.165) is 29.4 Å². The Kier molecular flexibility index (Phi) is 3.20. The number of hydrogen-bond acceptors (Lipinski definition) is 3. The van der Waals surface area contributed by atoms with Crippen LogP contribution in [-0.2, 0) is 9.53 Å². The monoisotopic (exact) mass is 255 g/mol. The molecule has 0 radical (unpaired) electrons. The number of nitrogens with zero attached hydrogens (tertiary/aromatic N) is 1. The molecule has 0 aliphatic heterocycles. The highest BCUT2D eigenvalue weighted by Gasteiger charge is 2.37. The van der Waals surface area contributed by atoms with Gasteiger partial charge < -0.3 is 4.74 Å². The third kappa shape index (κ3) is 2.33. The second-order valence-corrected chi connectivity index (χ2v) is 5.05. The molecule has 0 spiro atoms. The number of benzene rings is 1. The van der Waals surface area contributed by atoms with Crippen LogP contribution in [0.2, 0.25) is 0 Å². The van der Waals surface area contributed by atoms with Crippen molar-refractivity contribution in [1.82, 2.24) is 4.98 Å². The van der Waals surface area contributed by atoms with Gasteiger partial charge in [-0.1, -0.05) is 24.3 Å². The van der Waals surface area contributed by atoms with Crippen LogP contribution in [0.4, 0.5) is 0 Å². The van der Waals surface area contributed by atoms with Crippen molar-refractivity contribution in [3.63, 3.8) is 0 Å². The Balaban J connectivity index is 1.71. The largest absolute Gasteiger partial charge is 0.466 e. The van der Waals surface area contributed by atoms with Gasteiger partial charge in [0.25, 0.3) is 0 Å². The summed E-state index contributed by atoms with van der Waals surface area (Å²) in [7, 11) is 0. The zero-order chi connectivity index (χ0) is 13.2. The van der Waals surface area contributed by atoms with Crippen LogP contribution in [-0.4, -0.2) is 17.6 Å². The predicted molar refractivity (Wildman–Crippen MR) is 73.8 cm³/mol. The van der Waals surface area contributed by atoms with E-state index in [1.807, 2.05) is 25.1 Å². The topological polar surface area (TPSA) is 39.2 Å². The number of pyridine rings is 1. The summed E-state index contributed by atoms with van der Waals surface area (Å²) in [5.74, 6) is 0.414. The predicted octanol–water partition coefficient (Wildman–Crippen LogP) is 3.29. The number of aromatic nitrogens is 1. The first-order valence-electron chi connectivity index (χ1n) is 6.80. The minimum Gasteiger partial charge on any atom is -0.466 e. The number of esters is 1. The summed E-state index contributed by atoms with van der Waals surface area (Å²) in [6.07, 6.45) is 1.73. The zero-order valence-electron chi connectivity index (χ0n) is 11.0. The molecule has 2 aromatic rings. The maximum Gasteiger partial charge on any atom is 0.308 e. The molecule has 0 atom stereocenters. The molecule has 3 nitrogen and oxygen atoms in total. The van der Waals surface area contributed by atoms with Crippen molar-refractivity contribution >= 4 is 16.9 Å². The summed E-state index contributed by atoms with van der Waals surface area (Å²) >= 11 is 0. The molecule has 1 aliphatic rings. The highest BCUT2D eigenvalue weighted by atomic mass is 16.5. The molecule has 1 aliphatic carbocycles. The van der Waals surface area contributed by atoms with E-state index < -0.39 is 0 Å². The van der Waals surface area contributed by atoms with Crippen molar-refractivity contribution in [2.24, 2.45) is 5.92 Å². The fourth-order valence-electron chi connectivity index (χ4n) is 2.62. The van der Waals surface area contributed by atoms with Crippen molar-refractivity contribution in [3.05, 3.63) is 42.1 Å². The van der Waals surface area contributed by atoms with Gasteiger partial charge in [-0.3, -0.25) is 9.78 Å². The molecule has 1 aromatic carbocycles. The van der Waals surface area contributed by atoms with E-state index in [4.69, 9.17) is 4.74 Å². The summed E-state index contributed by atoms with van der Waals surface area (Å²) in [6, 6.07) is 12.3. The maximum atomic E-state index is 11.6. The van der Waals surface area contributed by atoms with Crippen LogP contribution in [0.25, 0.3) is 10.9 Å². The van der Waals surface area contributed by atoms with Crippen molar-refractivity contribution in [2.45, 2.75) is 25.7 Å². The summed E-state index contributed by atoms with van der Waals surface area (Å²) in [5.41, 5.74) is 2.12. The van der Waals surface area contributed by atoms with Crippen molar-refractivity contribution < 1.29 is 9.53 Å². The Labute approximate surface area is 112 Å². The summed E-state index contributed by atoms with van der Waals surface area (Å²) in [5, 5.41) is 1.16. The number of ether oxygens (including phenoxy) is 1. The number of carbonyl (C=O) groups excluding carboxylic acids is 1. The Bertz CT molecular complexity index is 602. The molecule has 3 heteroatoms. The number of para-hydroxylation sites is 1. The first-order valence-corrected chi connectivity index (χ1v) is 6.80. The number of rotatable bonds is 3. The van der Waals surface area contributed by atoms with Gasteiger partial charge in [-0.05, 0) is 31.9 Å². The molecule has 1 aromatic heterocycles. The van der Waals surface area contributed by atoms with Crippen LogP contribution in [0.15, 0.2) is 36.4 Å². The molecule has 0 saturated heterocycles. The van der Waals surface area contributed by atoms with Crippen LogP contribution in [0.3, 0.4) is 0 Å². The van der Waals surface area contributed by atoms with E-state index in [0.29, 0.717) is 12.5 Å². The second-order valence-electron chi connectivity index (χ2n) is 5.05. The van der Waals surface area contributed by atoms with Gasteiger partial charge in [-0.15, -0.1) is 0 Å². The quantitative estimate of drug-likeness (QED) is 0.790. The number of fused-ring (bicyclic) bond motifs is 1. The normalized spacial score (nSPS) is 21.9. The summed E-state index contributed by atoms with van der Waals surface area (Å²) < 4.78 is 5.04. The minimum absolute atomic E-state index is 0.0560. The van der Waals surface area contributed by atoms with Gasteiger partial charge in [0.15, 0.2) is 0 Å². The Morgan fingerprint density at radius 1 is 1.26 bits per heavy atom. The molecule has 0 bridgehead atoms. The number of carbonyl (C=O) groups is 1. The minimum atomic E-state index is -0.0560. The van der Waals surface area contributed by atoms with Gasteiger partial charge in [0.05, 0.1) is 18.0 Å². The molecule has 0 unspecified atom stereocenters. The molecular formula is C16H17NO2. The molecule has 1 heterocycles.